The maximum atomic E-state index is 12.9. The van der Waals surface area contributed by atoms with Gasteiger partial charge in [0.15, 0.2) is 5.11 Å². The molecule has 2 aromatic rings. The van der Waals surface area contributed by atoms with Crippen molar-refractivity contribution in [1.82, 2.24) is 5.32 Å². The summed E-state index contributed by atoms with van der Waals surface area (Å²) < 4.78 is 12.9. The van der Waals surface area contributed by atoms with Gasteiger partial charge in [-0.2, -0.15) is 0 Å². The van der Waals surface area contributed by atoms with Crippen molar-refractivity contribution in [2.45, 2.75) is 32.4 Å². The first kappa shape index (κ1) is 17.8. The summed E-state index contributed by atoms with van der Waals surface area (Å²) in [6.45, 7) is 4.39. The van der Waals surface area contributed by atoms with E-state index in [1.54, 1.807) is 17.0 Å². The first-order valence-electron chi connectivity index (χ1n) is 8.91. The maximum absolute atomic E-state index is 12.9. The third kappa shape index (κ3) is 5.80. The van der Waals surface area contributed by atoms with E-state index < -0.39 is 0 Å². The van der Waals surface area contributed by atoms with Crippen molar-refractivity contribution >= 4 is 23.0 Å². The van der Waals surface area contributed by atoms with Gasteiger partial charge in [0.05, 0.1) is 13.1 Å². The summed E-state index contributed by atoms with van der Waals surface area (Å²) in [6.07, 6.45) is 4.10. The highest BCUT2D eigenvalue weighted by Crippen LogP contribution is 2.08. The molecule has 3 nitrogen and oxygen atoms in total. The summed E-state index contributed by atoms with van der Waals surface area (Å²) in [6, 6.07) is 14.9. The molecule has 1 aliphatic heterocycles. The van der Waals surface area contributed by atoms with Crippen LogP contribution in [0.2, 0.25) is 0 Å². The zero-order valence-electron chi connectivity index (χ0n) is 14.4. The summed E-state index contributed by atoms with van der Waals surface area (Å²) >= 11 is 5.28. The highest BCUT2D eigenvalue weighted by Gasteiger charge is 2.13. The van der Waals surface area contributed by atoms with E-state index in [2.05, 4.69) is 34.9 Å². The Bertz CT molecular complexity index is 679. The normalized spacial score (nSPS) is 14.9. The number of benzene rings is 2. The van der Waals surface area contributed by atoms with Crippen molar-refractivity contribution in [2.24, 2.45) is 0 Å². The van der Waals surface area contributed by atoms with E-state index in [-0.39, 0.29) is 5.82 Å². The molecule has 1 aliphatic rings. The van der Waals surface area contributed by atoms with E-state index >= 15 is 0 Å². The Kier molecular flexibility index (Phi) is 6.36. The van der Waals surface area contributed by atoms with Crippen molar-refractivity contribution in [3.63, 3.8) is 0 Å². The molecule has 0 bridgehead atoms. The van der Waals surface area contributed by atoms with Crippen LogP contribution in [0.25, 0.3) is 0 Å². The summed E-state index contributed by atoms with van der Waals surface area (Å²) in [7, 11) is 0. The van der Waals surface area contributed by atoms with Gasteiger partial charge in [0.1, 0.15) is 12.4 Å². The van der Waals surface area contributed by atoms with Gasteiger partial charge in [-0.15, -0.1) is 0 Å². The maximum Gasteiger partial charge on any atom is 0.171 e. The van der Waals surface area contributed by atoms with Crippen molar-refractivity contribution in [3.8, 4) is 0 Å². The van der Waals surface area contributed by atoms with Crippen molar-refractivity contribution in [3.05, 3.63) is 65.5 Å². The van der Waals surface area contributed by atoms with Crippen LogP contribution in [0.3, 0.4) is 0 Å². The number of nitrogens with one attached hydrogen (secondary N) is 3. The molecule has 3 rings (SSSR count). The molecule has 3 N–H and O–H groups in total. The van der Waals surface area contributed by atoms with Gasteiger partial charge in [-0.1, -0.05) is 24.3 Å². The second-order valence-corrected chi connectivity index (χ2v) is 7.03. The lowest BCUT2D eigenvalue weighted by molar-refractivity contribution is -0.918. The van der Waals surface area contributed by atoms with Gasteiger partial charge in [0, 0.05) is 17.8 Å². The van der Waals surface area contributed by atoms with E-state index in [0.29, 0.717) is 11.7 Å². The molecular formula is C20H25FN3S+. The van der Waals surface area contributed by atoms with Crippen LogP contribution >= 0.6 is 12.2 Å². The molecule has 0 aliphatic carbocycles. The van der Waals surface area contributed by atoms with Gasteiger partial charge in [-0.3, -0.25) is 0 Å². The molecule has 2 aromatic carbocycles. The fourth-order valence-electron chi connectivity index (χ4n) is 3.18. The minimum Gasteiger partial charge on any atom is -0.358 e. The standard InChI is InChI=1S/C20H24FN3S/c21-18-8-10-19(11-9-18)23-20(25)22-14-16-4-6-17(7-5-16)15-24-12-2-1-3-13-24/h4-11H,1-3,12-15H2,(H2,22,23,25)/p+1. The van der Waals surface area contributed by atoms with Crippen LogP contribution in [0.4, 0.5) is 10.1 Å². The number of hydrogen-bond acceptors (Lipinski definition) is 1. The molecule has 0 atom stereocenters. The highest BCUT2D eigenvalue weighted by atomic mass is 32.1. The SMILES string of the molecule is Fc1ccc(NC(=S)NCc2ccc(C[NH+]3CCCCC3)cc2)cc1. The first-order valence-corrected chi connectivity index (χ1v) is 9.32. The number of likely N-dealkylation sites (tertiary alicyclic amines) is 1. The smallest absolute Gasteiger partial charge is 0.171 e. The zero-order valence-corrected chi connectivity index (χ0v) is 15.2. The predicted octanol–water partition coefficient (Wildman–Crippen LogP) is 2.88. The topological polar surface area (TPSA) is 28.5 Å². The average Bonchev–Trinajstić information content (AvgIpc) is 2.64. The lowest BCUT2D eigenvalue weighted by Gasteiger charge is -2.23. The quantitative estimate of drug-likeness (QED) is 0.718. The fourth-order valence-corrected chi connectivity index (χ4v) is 3.37. The van der Waals surface area contributed by atoms with Gasteiger partial charge < -0.3 is 15.5 Å². The number of piperidine rings is 1. The second kappa shape index (κ2) is 8.92. The molecule has 1 saturated heterocycles. The van der Waals surface area contributed by atoms with Crippen molar-refractivity contribution in [1.29, 1.82) is 0 Å². The number of quaternary nitrogens is 1. The van der Waals surface area contributed by atoms with Crippen LogP contribution < -0.4 is 15.5 Å². The highest BCUT2D eigenvalue weighted by molar-refractivity contribution is 7.80. The summed E-state index contributed by atoms with van der Waals surface area (Å²) in [5.74, 6) is -0.254. The number of halogens is 1. The van der Waals surface area contributed by atoms with Gasteiger partial charge in [-0.25, -0.2) is 4.39 Å². The Balaban J connectivity index is 1.44. The molecule has 0 saturated carbocycles. The average molecular weight is 359 g/mol. The second-order valence-electron chi connectivity index (χ2n) is 6.62. The summed E-state index contributed by atoms with van der Waals surface area (Å²) in [5, 5.41) is 6.78. The Labute approximate surface area is 154 Å². The van der Waals surface area contributed by atoms with Crippen LogP contribution in [-0.4, -0.2) is 18.2 Å². The zero-order chi connectivity index (χ0) is 17.5. The van der Waals surface area contributed by atoms with E-state index in [0.717, 1.165) is 12.2 Å². The third-order valence-corrected chi connectivity index (χ3v) is 4.84. The Morgan fingerprint density at radius 2 is 1.56 bits per heavy atom. The van der Waals surface area contributed by atoms with E-state index in [9.17, 15) is 4.39 Å². The molecule has 132 valence electrons. The van der Waals surface area contributed by atoms with Gasteiger partial charge >= 0.3 is 0 Å². The summed E-state index contributed by atoms with van der Waals surface area (Å²) in [5.41, 5.74) is 3.37. The van der Waals surface area contributed by atoms with E-state index in [1.807, 2.05) is 0 Å². The van der Waals surface area contributed by atoms with Crippen molar-refractivity contribution < 1.29 is 9.29 Å². The molecule has 0 unspecified atom stereocenters. The Morgan fingerprint density at radius 1 is 0.920 bits per heavy atom. The minimum atomic E-state index is -0.254. The van der Waals surface area contributed by atoms with Crippen molar-refractivity contribution in [2.75, 3.05) is 18.4 Å². The van der Waals surface area contributed by atoms with Gasteiger partial charge in [0.25, 0.3) is 0 Å². The molecular weight excluding hydrogens is 333 g/mol. The van der Waals surface area contributed by atoms with Crippen LogP contribution in [0.1, 0.15) is 30.4 Å². The minimum absolute atomic E-state index is 0.254. The number of thiocarbonyl (C=S) groups is 1. The summed E-state index contributed by atoms with van der Waals surface area (Å²) in [4.78, 5) is 1.70. The molecule has 0 aromatic heterocycles. The third-order valence-electron chi connectivity index (χ3n) is 4.59. The molecule has 1 fully saturated rings. The largest absolute Gasteiger partial charge is 0.358 e. The Hall–Kier alpha value is -1.98. The molecule has 5 heteroatoms. The number of hydrogen-bond donors (Lipinski definition) is 3. The molecule has 1 heterocycles. The van der Waals surface area contributed by atoms with Crippen LogP contribution in [0, 0.1) is 5.82 Å². The van der Waals surface area contributed by atoms with E-state index in [1.165, 1.54) is 55.6 Å². The van der Waals surface area contributed by atoms with Gasteiger partial charge in [0.2, 0.25) is 0 Å². The fraction of sp³-hybridized carbons (Fsp3) is 0.350. The molecule has 0 amide bonds. The number of rotatable bonds is 5. The Morgan fingerprint density at radius 3 is 2.24 bits per heavy atom. The van der Waals surface area contributed by atoms with Gasteiger partial charge in [-0.05, 0) is 61.3 Å². The van der Waals surface area contributed by atoms with Crippen LogP contribution in [0.5, 0.6) is 0 Å². The lowest BCUT2D eigenvalue weighted by Crippen LogP contribution is -3.11. The lowest BCUT2D eigenvalue weighted by atomic mass is 10.1. The molecule has 0 spiro atoms. The molecule has 0 radical (unpaired) electrons. The van der Waals surface area contributed by atoms with Crippen LogP contribution in [0.15, 0.2) is 48.5 Å². The monoisotopic (exact) mass is 358 g/mol. The predicted molar refractivity (Wildman–Crippen MR) is 104 cm³/mol. The molecule has 25 heavy (non-hydrogen) atoms. The van der Waals surface area contributed by atoms with Crippen LogP contribution in [-0.2, 0) is 13.1 Å². The number of anilines is 1. The first-order chi connectivity index (χ1) is 12.2. The van der Waals surface area contributed by atoms with E-state index in [4.69, 9.17) is 12.2 Å².